The average molecular weight is 243 g/mol. The quantitative estimate of drug-likeness (QED) is 0.806. The van der Waals surface area contributed by atoms with Gasteiger partial charge in [-0.3, -0.25) is 9.69 Å². The predicted molar refractivity (Wildman–Crippen MR) is 68.4 cm³/mol. The Balaban J connectivity index is 2.12. The van der Waals surface area contributed by atoms with Crippen LogP contribution in [-0.4, -0.2) is 26.5 Å². The number of anilines is 1. The normalized spacial score (nSPS) is 18.4. The molecule has 0 spiro atoms. The van der Waals surface area contributed by atoms with E-state index >= 15 is 0 Å². The number of aromatic nitrogens is 2. The van der Waals surface area contributed by atoms with Crippen molar-refractivity contribution < 1.29 is 9.90 Å². The van der Waals surface area contributed by atoms with Gasteiger partial charge in [0.2, 0.25) is 0 Å². The highest BCUT2D eigenvalue weighted by atomic mass is 16.3. The maximum atomic E-state index is 11.9. The number of aromatic amines is 1. The highest BCUT2D eigenvalue weighted by molar-refractivity contribution is 6.07. The molecule has 0 atom stereocenters. The van der Waals surface area contributed by atoms with E-state index in [1.54, 1.807) is 25.1 Å². The molecule has 5 heteroatoms. The molecule has 0 radical (unpaired) electrons. The van der Waals surface area contributed by atoms with Gasteiger partial charge in [-0.05, 0) is 32.0 Å². The van der Waals surface area contributed by atoms with E-state index in [1.807, 2.05) is 18.2 Å². The van der Waals surface area contributed by atoms with Crippen LogP contribution < -0.4 is 4.90 Å². The topological polar surface area (TPSA) is 69.2 Å². The first-order chi connectivity index (χ1) is 8.50. The van der Waals surface area contributed by atoms with E-state index in [2.05, 4.69) is 9.97 Å². The van der Waals surface area contributed by atoms with Gasteiger partial charge in [0, 0.05) is 11.8 Å². The minimum absolute atomic E-state index is 0.0807. The molecule has 3 rings (SSSR count). The molecule has 0 fully saturated rings. The monoisotopic (exact) mass is 243 g/mol. The first-order valence-electron chi connectivity index (χ1n) is 5.68. The third kappa shape index (κ3) is 1.33. The highest BCUT2D eigenvalue weighted by Gasteiger charge is 2.41. The van der Waals surface area contributed by atoms with Crippen molar-refractivity contribution in [2.75, 3.05) is 4.90 Å². The molecule has 1 aromatic heterocycles. The minimum atomic E-state index is -0.717. The molecular formula is C13H13N3O2. The second kappa shape index (κ2) is 3.35. The van der Waals surface area contributed by atoms with Gasteiger partial charge in [-0.15, -0.1) is 0 Å². The van der Waals surface area contributed by atoms with Gasteiger partial charge in [0.15, 0.2) is 0 Å². The van der Waals surface area contributed by atoms with E-state index in [0.29, 0.717) is 0 Å². The van der Waals surface area contributed by atoms with Crippen molar-refractivity contribution in [2.24, 2.45) is 0 Å². The fraction of sp³-hybridized carbons (Fsp3) is 0.231. The molecule has 0 bridgehead atoms. The Hall–Kier alpha value is -2.30. The Labute approximate surface area is 104 Å². The summed E-state index contributed by atoms with van der Waals surface area (Å²) in [5, 5.41) is 9.81. The lowest BCUT2D eigenvalue weighted by Gasteiger charge is -2.32. The van der Waals surface area contributed by atoms with Crippen LogP contribution in [0.15, 0.2) is 36.4 Å². The molecule has 0 saturated carbocycles. The number of hydrogen-bond acceptors (Lipinski definition) is 3. The summed E-state index contributed by atoms with van der Waals surface area (Å²) in [6.07, 6.45) is 2.87. The summed E-state index contributed by atoms with van der Waals surface area (Å²) >= 11 is 0. The lowest BCUT2D eigenvalue weighted by Crippen LogP contribution is -2.43. The largest absolute Gasteiger partial charge is 0.510 e. The lowest BCUT2D eigenvalue weighted by atomic mass is 10.0. The minimum Gasteiger partial charge on any atom is -0.510 e. The number of benzene rings is 1. The van der Waals surface area contributed by atoms with Crippen molar-refractivity contribution in [1.82, 2.24) is 9.97 Å². The van der Waals surface area contributed by atoms with E-state index in [0.717, 1.165) is 16.7 Å². The molecule has 0 saturated heterocycles. The number of hydrogen-bond donors (Lipinski definition) is 2. The maximum absolute atomic E-state index is 11.9. The smallest absolute Gasteiger partial charge is 0.255 e. The first-order valence-corrected chi connectivity index (χ1v) is 5.68. The highest BCUT2D eigenvalue weighted by Crippen LogP contribution is 2.34. The summed E-state index contributed by atoms with van der Waals surface area (Å²) in [5.41, 5.74) is 1.73. The van der Waals surface area contributed by atoms with E-state index in [9.17, 15) is 9.90 Å². The molecule has 2 N–H and O–H groups in total. The number of nitrogens with one attached hydrogen (secondary N) is 1. The molecule has 92 valence electrons. The molecule has 18 heavy (non-hydrogen) atoms. The summed E-state index contributed by atoms with van der Waals surface area (Å²) < 4.78 is 0. The molecule has 1 amide bonds. The second-order valence-corrected chi connectivity index (χ2v) is 4.87. The molecule has 0 unspecified atom stereocenters. The van der Waals surface area contributed by atoms with E-state index in [4.69, 9.17) is 0 Å². The van der Waals surface area contributed by atoms with Crippen LogP contribution in [0, 0.1) is 0 Å². The van der Waals surface area contributed by atoms with Crippen molar-refractivity contribution in [3.8, 4) is 0 Å². The second-order valence-electron chi connectivity index (χ2n) is 4.87. The van der Waals surface area contributed by atoms with Gasteiger partial charge in [-0.25, -0.2) is 4.98 Å². The van der Waals surface area contributed by atoms with Gasteiger partial charge in [-0.1, -0.05) is 0 Å². The zero-order chi connectivity index (χ0) is 12.9. The standard InChI is InChI=1S/C13H13N3O2/c1-13(2)11(17)6-12(18)16(13)8-3-4-9-10(5-8)15-7-14-9/h3-7,17H,1-2H3,(H,14,15). The maximum Gasteiger partial charge on any atom is 0.255 e. The third-order valence-electron chi connectivity index (χ3n) is 3.33. The van der Waals surface area contributed by atoms with Crippen LogP contribution >= 0.6 is 0 Å². The summed E-state index contributed by atoms with van der Waals surface area (Å²) in [6.45, 7) is 3.61. The van der Waals surface area contributed by atoms with Crippen molar-refractivity contribution in [2.45, 2.75) is 19.4 Å². The van der Waals surface area contributed by atoms with Gasteiger partial charge in [0.25, 0.3) is 5.91 Å². The molecule has 1 aliphatic rings. The summed E-state index contributed by atoms with van der Waals surface area (Å²) in [4.78, 5) is 20.7. The van der Waals surface area contributed by atoms with Gasteiger partial charge >= 0.3 is 0 Å². The van der Waals surface area contributed by atoms with Crippen LogP contribution in [0.25, 0.3) is 11.0 Å². The zero-order valence-electron chi connectivity index (χ0n) is 10.1. The Morgan fingerprint density at radius 3 is 2.83 bits per heavy atom. The van der Waals surface area contributed by atoms with Crippen molar-refractivity contribution in [3.63, 3.8) is 0 Å². The number of aliphatic hydroxyl groups is 1. The predicted octanol–water partition coefficient (Wildman–Crippen LogP) is 2.13. The van der Waals surface area contributed by atoms with E-state index in [1.165, 1.54) is 6.08 Å². The Bertz CT molecular complexity index is 670. The number of carbonyl (C=O) groups is 1. The number of amides is 1. The van der Waals surface area contributed by atoms with E-state index < -0.39 is 5.54 Å². The zero-order valence-corrected chi connectivity index (χ0v) is 10.1. The molecule has 1 aliphatic heterocycles. The number of rotatable bonds is 1. The number of aliphatic hydroxyl groups excluding tert-OH is 1. The van der Waals surface area contributed by atoms with Gasteiger partial charge < -0.3 is 10.1 Å². The molecule has 0 aliphatic carbocycles. The van der Waals surface area contributed by atoms with Crippen LogP contribution in [0.3, 0.4) is 0 Å². The van der Waals surface area contributed by atoms with Crippen LogP contribution in [0.4, 0.5) is 5.69 Å². The average Bonchev–Trinajstić information content (AvgIpc) is 2.82. The molecule has 5 nitrogen and oxygen atoms in total. The number of fused-ring (bicyclic) bond motifs is 1. The number of carbonyl (C=O) groups excluding carboxylic acids is 1. The number of imidazole rings is 1. The fourth-order valence-corrected chi connectivity index (χ4v) is 2.26. The Morgan fingerprint density at radius 2 is 2.17 bits per heavy atom. The molecule has 2 aromatic rings. The Morgan fingerprint density at radius 1 is 1.39 bits per heavy atom. The summed E-state index contributed by atoms with van der Waals surface area (Å²) in [7, 11) is 0. The lowest BCUT2D eigenvalue weighted by molar-refractivity contribution is -0.114. The molecule has 2 heterocycles. The summed E-state index contributed by atoms with van der Waals surface area (Å²) in [5.74, 6) is -0.131. The van der Waals surface area contributed by atoms with Crippen LogP contribution in [-0.2, 0) is 4.79 Å². The van der Waals surface area contributed by atoms with Gasteiger partial charge in [0.05, 0.1) is 22.9 Å². The number of H-pyrrole nitrogens is 1. The van der Waals surface area contributed by atoms with Crippen LogP contribution in [0.2, 0.25) is 0 Å². The van der Waals surface area contributed by atoms with Crippen LogP contribution in [0.1, 0.15) is 13.8 Å². The van der Waals surface area contributed by atoms with Crippen molar-refractivity contribution >= 4 is 22.6 Å². The first kappa shape index (κ1) is 10.8. The number of nitrogens with zero attached hydrogens (tertiary/aromatic N) is 2. The van der Waals surface area contributed by atoms with Crippen molar-refractivity contribution in [3.05, 3.63) is 36.4 Å². The van der Waals surface area contributed by atoms with E-state index in [-0.39, 0.29) is 11.7 Å². The third-order valence-corrected chi connectivity index (χ3v) is 3.33. The van der Waals surface area contributed by atoms with Gasteiger partial charge in [-0.2, -0.15) is 0 Å². The van der Waals surface area contributed by atoms with Crippen molar-refractivity contribution in [1.29, 1.82) is 0 Å². The van der Waals surface area contributed by atoms with Gasteiger partial charge in [0.1, 0.15) is 5.76 Å². The molecule has 1 aromatic carbocycles. The fourth-order valence-electron chi connectivity index (χ4n) is 2.26. The van der Waals surface area contributed by atoms with Crippen LogP contribution in [0.5, 0.6) is 0 Å². The SMILES string of the molecule is CC1(C)C(O)=CC(=O)N1c1ccc2nc[nH]c2c1. The Kier molecular flexibility index (Phi) is 2.02. The summed E-state index contributed by atoms with van der Waals surface area (Å²) in [6, 6.07) is 5.53. The molecular weight excluding hydrogens is 230 g/mol.